The van der Waals surface area contributed by atoms with Crippen molar-refractivity contribution >= 4 is 34.0 Å². The lowest BCUT2D eigenvalue weighted by Gasteiger charge is -2.20. The number of sulfonamides is 1. The van der Waals surface area contributed by atoms with E-state index in [0.717, 1.165) is 25.1 Å². The summed E-state index contributed by atoms with van der Waals surface area (Å²) in [6.45, 7) is 4.99. The lowest BCUT2D eigenvalue weighted by Crippen LogP contribution is -2.34. The number of hydrogen-bond acceptors (Lipinski definition) is 4. The quantitative estimate of drug-likeness (QED) is 0.813. The second-order valence-electron chi connectivity index (χ2n) is 6.39. The van der Waals surface area contributed by atoms with Gasteiger partial charge in [0.2, 0.25) is 0 Å². The van der Waals surface area contributed by atoms with E-state index in [1.54, 1.807) is 29.2 Å². The highest BCUT2D eigenvalue weighted by atomic mass is 35.5. The van der Waals surface area contributed by atoms with Crippen molar-refractivity contribution in [3.63, 3.8) is 0 Å². The number of hydrogen-bond donors (Lipinski definition) is 2. The molecule has 146 valence electrons. The van der Waals surface area contributed by atoms with E-state index < -0.39 is 10.0 Å². The maximum atomic E-state index is 12.6. The Balaban J connectivity index is 0.00000261. The molecule has 0 aromatic heterocycles. The molecular weight excluding hydrogens is 386 g/mol. The van der Waals surface area contributed by atoms with Crippen LogP contribution in [-0.2, 0) is 10.0 Å². The molecule has 1 aliphatic rings. The van der Waals surface area contributed by atoms with Gasteiger partial charge in [0, 0.05) is 30.9 Å². The van der Waals surface area contributed by atoms with Crippen LogP contribution < -0.4 is 10.0 Å². The van der Waals surface area contributed by atoms with E-state index in [9.17, 15) is 13.2 Å². The topological polar surface area (TPSA) is 78.5 Å². The van der Waals surface area contributed by atoms with Gasteiger partial charge in [-0.05, 0) is 56.3 Å². The number of benzene rings is 2. The zero-order valence-corrected chi connectivity index (χ0v) is 16.8. The van der Waals surface area contributed by atoms with Crippen LogP contribution in [0.4, 0.5) is 5.69 Å². The summed E-state index contributed by atoms with van der Waals surface area (Å²) in [5.74, 6) is -0.0656. The maximum absolute atomic E-state index is 12.6. The molecule has 0 saturated carbocycles. The number of anilines is 1. The molecule has 1 saturated heterocycles. The number of aryl methyl sites for hydroxylation is 1. The number of rotatable bonds is 4. The van der Waals surface area contributed by atoms with Crippen molar-refractivity contribution in [2.24, 2.45) is 0 Å². The van der Waals surface area contributed by atoms with Gasteiger partial charge in [0.05, 0.1) is 4.90 Å². The van der Waals surface area contributed by atoms with E-state index >= 15 is 0 Å². The van der Waals surface area contributed by atoms with E-state index in [-0.39, 0.29) is 23.2 Å². The van der Waals surface area contributed by atoms with Crippen LogP contribution in [0.1, 0.15) is 22.3 Å². The number of halogens is 1. The molecule has 0 bridgehead atoms. The van der Waals surface area contributed by atoms with Crippen LogP contribution in [-0.4, -0.2) is 45.4 Å². The molecule has 8 heteroatoms. The predicted molar refractivity (Wildman–Crippen MR) is 109 cm³/mol. The van der Waals surface area contributed by atoms with Gasteiger partial charge in [0.25, 0.3) is 15.9 Å². The van der Waals surface area contributed by atoms with Crippen molar-refractivity contribution in [2.75, 3.05) is 30.9 Å². The molecule has 3 rings (SSSR count). The molecule has 0 unspecified atom stereocenters. The average molecular weight is 410 g/mol. The number of nitrogens with zero attached hydrogens (tertiary/aromatic N) is 1. The van der Waals surface area contributed by atoms with Crippen molar-refractivity contribution in [1.82, 2.24) is 10.2 Å². The fourth-order valence-electron chi connectivity index (χ4n) is 2.84. The number of carbonyl (C=O) groups excluding carboxylic acids is 1. The highest BCUT2D eigenvalue weighted by Gasteiger charge is 2.19. The molecule has 0 spiro atoms. The van der Waals surface area contributed by atoms with Crippen LogP contribution in [0.2, 0.25) is 0 Å². The summed E-state index contributed by atoms with van der Waals surface area (Å²) in [4.78, 5) is 14.5. The molecule has 6 nitrogen and oxygen atoms in total. The Morgan fingerprint density at radius 1 is 1.00 bits per heavy atom. The Morgan fingerprint density at radius 3 is 2.33 bits per heavy atom. The summed E-state index contributed by atoms with van der Waals surface area (Å²) in [7, 11) is -3.68. The molecule has 0 aliphatic carbocycles. The molecule has 1 amide bonds. The van der Waals surface area contributed by atoms with E-state index in [1.807, 2.05) is 19.1 Å². The fraction of sp³-hybridized carbons (Fsp3) is 0.316. The first kappa shape index (κ1) is 21.2. The molecule has 0 atom stereocenters. The number of nitrogens with one attached hydrogen (secondary N) is 2. The summed E-state index contributed by atoms with van der Waals surface area (Å²) < 4.78 is 27.6. The lowest BCUT2D eigenvalue weighted by molar-refractivity contribution is 0.0766. The van der Waals surface area contributed by atoms with Crippen LogP contribution in [0.5, 0.6) is 0 Å². The third-order valence-corrected chi connectivity index (χ3v) is 5.74. The van der Waals surface area contributed by atoms with Crippen molar-refractivity contribution in [3.8, 4) is 0 Å². The molecule has 2 aromatic rings. The van der Waals surface area contributed by atoms with E-state index in [0.29, 0.717) is 24.3 Å². The molecule has 1 fully saturated rings. The smallest absolute Gasteiger partial charge is 0.261 e. The molecule has 1 aliphatic heterocycles. The van der Waals surface area contributed by atoms with E-state index in [2.05, 4.69) is 10.0 Å². The Bertz CT molecular complexity index is 860. The zero-order valence-electron chi connectivity index (χ0n) is 15.1. The maximum Gasteiger partial charge on any atom is 0.261 e. The highest BCUT2D eigenvalue weighted by Crippen LogP contribution is 2.18. The first-order valence-electron chi connectivity index (χ1n) is 8.65. The standard InChI is InChI=1S/C19H23N3O3S.ClH/c1-15-3-7-17(8-4-15)21-26(24,25)18-9-5-16(6-10-18)19(23)22-13-2-11-20-12-14-22;/h3-10,20-21H,2,11-14H2,1H3;1H. The Kier molecular flexibility index (Phi) is 7.24. The molecular formula is C19H24ClN3O3S. The van der Waals surface area contributed by atoms with Crippen LogP contribution in [0.3, 0.4) is 0 Å². The molecule has 2 aromatic carbocycles. The van der Waals surface area contributed by atoms with Gasteiger partial charge < -0.3 is 10.2 Å². The van der Waals surface area contributed by atoms with Gasteiger partial charge in [-0.15, -0.1) is 12.4 Å². The van der Waals surface area contributed by atoms with Gasteiger partial charge in [0.1, 0.15) is 0 Å². The van der Waals surface area contributed by atoms with Gasteiger partial charge in [-0.25, -0.2) is 8.42 Å². The summed E-state index contributed by atoms with van der Waals surface area (Å²) >= 11 is 0. The highest BCUT2D eigenvalue weighted by molar-refractivity contribution is 7.92. The second-order valence-corrected chi connectivity index (χ2v) is 8.07. The first-order chi connectivity index (χ1) is 12.5. The normalized spacial score (nSPS) is 14.8. The second kappa shape index (κ2) is 9.21. The SMILES string of the molecule is Cc1ccc(NS(=O)(=O)c2ccc(C(=O)N3CCCNCC3)cc2)cc1.Cl. The Hall–Kier alpha value is -2.09. The van der Waals surface area contributed by atoms with E-state index in [4.69, 9.17) is 0 Å². The molecule has 2 N–H and O–H groups in total. The average Bonchev–Trinajstić information content (AvgIpc) is 2.92. The van der Waals surface area contributed by atoms with Crippen molar-refractivity contribution < 1.29 is 13.2 Å². The predicted octanol–water partition coefficient (Wildman–Crippen LogP) is 2.65. The minimum absolute atomic E-state index is 0. The lowest BCUT2D eigenvalue weighted by atomic mass is 10.2. The van der Waals surface area contributed by atoms with Crippen molar-refractivity contribution in [3.05, 3.63) is 59.7 Å². The summed E-state index contributed by atoms with van der Waals surface area (Å²) in [6, 6.07) is 13.2. The molecule has 1 heterocycles. The monoisotopic (exact) mass is 409 g/mol. The van der Waals surface area contributed by atoms with Gasteiger partial charge in [-0.2, -0.15) is 0 Å². The number of carbonyl (C=O) groups is 1. The first-order valence-corrected chi connectivity index (χ1v) is 10.1. The van der Waals surface area contributed by atoms with Gasteiger partial charge in [-0.3, -0.25) is 9.52 Å². The third kappa shape index (κ3) is 5.45. The largest absolute Gasteiger partial charge is 0.337 e. The molecule has 0 radical (unpaired) electrons. The number of amides is 1. The third-order valence-electron chi connectivity index (χ3n) is 4.34. The summed E-state index contributed by atoms with van der Waals surface area (Å²) in [5.41, 5.74) is 2.06. The van der Waals surface area contributed by atoms with Crippen LogP contribution in [0, 0.1) is 6.92 Å². The van der Waals surface area contributed by atoms with Crippen LogP contribution in [0.15, 0.2) is 53.4 Å². The zero-order chi connectivity index (χ0) is 18.6. The van der Waals surface area contributed by atoms with E-state index in [1.165, 1.54) is 12.1 Å². The minimum atomic E-state index is -3.68. The fourth-order valence-corrected chi connectivity index (χ4v) is 3.90. The Morgan fingerprint density at radius 2 is 1.67 bits per heavy atom. The van der Waals surface area contributed by atoms with Crippen molar-refractivity contribution in [2.45, 2.75) is 18.2 Å². The van der Waals surface area contributed by atoms with Gasteiger partial charge >= 0.3 is 0 Å². The van der Waals surface area contributed by atoms with Gasteiger partial charge in [0.15, 0.2) is 0 Å². The minimum Gasteiger partial charge on any atom is -0.337 e. The summed E-state index contributed by atoms with van der Waals surface area (Å²) in [6.07, 6.45) is 0.915. The van der Waals surface area contributed by atoms with Crippen molar-refractivity contribution in [1.29, 1.82) is 0 Å². The van der Waals surface area contributed by atoms with Gasteiger partial charge in [-0.1, -0.05) is 17.7 Å². The Labute approximate surface area is 166 Å². The van der Waals surface area contributed by atoms with Crippen LogP contribution in [0.25, 0.3) is 0 Å². The van der Waals surface area contributed by atoms with Crippen LogP contribution >= 0.6 is 12.4 Å². The summed E-state index contributed by atoms with van der Waals surface area (Å²) in [5, 5.41) is 3.26. The molecule has 27 heavy (non-hydrogen) atoms.